The lowest BCUT2D eigenvalue weighted by Crippen LogP contribution is -2.36. The molecule has 1 heterocycles. The summed E-state index contributed by atoms with van der Waals surface area (Å²) in [5, 5.41) is 9.79. The van der Waals surface area contributed by atoms with Crippen LogP contribution in [0, 0.1) is 23.7 Å². The third-order valence-corrected chi connectivity index (χ3v) is 5.26. The van der Waals surface area contributed by atoms with E-state index in [0.717, 1.165) is 23.0 Å². The third kappa shape index (κ3) is 2.98. The molecule has 6 heteroatoms. The van der Waals surface area contributed by atoms with Crippen molar-refractivity contribution in [3.8, 4) is 24.2 Å². The van der Waals surface area contributed by atoms with Crippen molar-refractivity contribution in [3.63, 3.8) is 0 Å². The summed E-state index contributed by atoms with van der Waals surface area (Å²) in [4.78, 5) is 14.6. The Morgan fingerprint density at radius 3 is 2.92 bits per heavy atom. The van der Waals surface area contributed by atoms with Crippen LogP contribution in [0.3, 0.4) is 0 Å². The second-order valence-electron chi connectivity index (χ2n) is 6.21. The number of hydrogen-bond donors (Lipinski definition) is 1. The Hall–Kier alpha value is -2.70. The second-order valence-corrected chi connectivity index (χ2v) is 7.13. The number of benzene rings is 1. The molecule has 0 unspecified atom stereocenters. The number of ketones is 1. The SMILES string of the molecule is C#CCOc1ccc(Br)cc1[C@@H]1C(C#N)=C(N)N(C)C2=C1C(=O)CCC2. The minimum atomic E-state index is -0.552. The Bertz CT molecular complexity index is 918. The number of ether oxygens (including phenoxy) is 1. The number of terminal acetylenes is 1. The summed E-state index contributed by atoms with van der Waals surface area (Å²) in [7, 11) is 1.80. The van der Waals surface area contributed by atoms with E-state index < -0.39 is 5.92 Å². The molecule has 0 saturated carbocycles. The van der Waals surface area contributed by atoms with Crippen LogP contribution < -0.4 is 10.5 Å². The fourth-order valence-electron chi connectivity index (χ4n) is 3.57. The molecule has 0 aromatic heterocycles. The zero-order valence-corrected chi connectivity index (χ0v) is 16.0. The van der Waals surface area contributed by atoms with Gasteiger partial charge < -0.3 is 15.4 Å². The van der Waals surface area contributed by atoms with Crippen LogP contribution in [0.15, 0.2) is 45.3 Å². The van der Waals surface area contributed by atoms with E-state index in [9.17, 15) is 10.1 Å². The van der Waals surface area contributed by atoms with Crippen molar-refractivity contribution < 1.29 is 9.53 Å². The van der Waals surface area contributed by atoms with Crippen molar-refractivity contribution >= 4 is 21.7 Å². The van der Waals surface area contributed by atoms with Crippen molar-refractivity contribution in [2.24, 2.45) is 5.73 Å². The zero-order chi connectivity index (χ0) is 18.8. The molecule has 2 aliphatic rings. The van der Waals surface area contributed by atoms with Gasteiger partial charge in [-0.1, -0.05) is 21.9 Å². The molecule has 0 spiro atoms. The molecule has 1 aromatic carbocycles. The van der Waals surface area contributed by atoms with Gasteiger partial charge in [0, 0.05) is 34.8 Å². The molecule has 132 valence electrons. The maximum Gasteiger partial charge on any atom is 0.161 e. The van der Waals surface area contributed by atoms with E-state index >= 15 is 0 Å². The Kier molecular flexibility index (Phi) is 5.06. The maximum atomic E-state index is 12.8. The molecule has 1 atom stereocenters. The van der Waals surface area contributed by atoms with E-state index in [-0.39, 0.29) is 12.4 Å². The van der Waals surface area contributed by atoms with Gasteiger partial charge >= 0.3 is 0 Å². The topological polar surface area (TPSA) is 79.3 Å². The van der Waals surface area contributed by atoms with Crippen LogP contribution in [0.1, 0.15) is 30.7 Å². The number of nitrogens with zero attached hydrogens (tertiary/aromatic N) is 2. The summed E-state index contributed by atoms with van der Waals surface area (Å²) in [5.41, 5.74) is 8.83. The van der Waals surface area contributed by atoms with Crippen molar-refractivity contribution in [3.05, 3.63) is 50.9 Å². The summed E-state index contributed by atoms with van der Waals surface area (Å²) < 4.78 is 6.51. The Morgan fingerprint density at radius 1 is 1.46 bits per heavy atom. The van der Waals surface area contributed by atoms with E-state index in [2.05, 4.69) is 27.9 Å². The lowest BCUT2D eigenvalue weighted by atomic mass is 9.75. The van der Waals surface area contributed by atoms with Crippen LogP contribution in [0.2, 0.25) is 0 Å². The average Bonchev–Trinajstić information content (AvgIpc) is 2.63. The molecule has 0 amide bonds. The maximum absolute atomic E-state index is 12.8. The number of allylic oxidation sites excluding steroid dienone is 3. The van der Waals surface area contributed by atoms with Gasteiger partial charge in [-0.2, -0.15) is 5.26 Å². The molecular weight excluding hydrogens is 394 g/mol. The minimum Gasteiger partial charge on any atom is -0.481 e. The Morgan fingerprint density at radius 2 is 2.23 bits per heavy atom. The first-order valence-corrected chi connectivity index (χ1v) is 9.04. The normalized spacial score (nSPS) is 19.8. The van der Waals surface area contributed by atoms with Gasteiger partial charge in [0.1, 0.15) is 18.2 Å². The number of hydrogen-bond acceptors (Lipinski definition) is 5. The van der Waals surface area contributed by atoms with E-state index in [1.807, 2.05) is 12.1 Å². The first-order chi connectivity index (χ1) is 12.5. The van der Waals surface area contributed by atoms with Crippen molar-refractivity contribution in [2.45, 2.75) is 25.2 Å². The van der Waals surface area contributed by atoms with Crippen molar-refractivity contribution in [1.82, 2.24) is 4.90 Å². The largest absolute Gasteiger partial charge is 0.481 e. The molecular formula is C20H18BrN3O2. The first-order valence-electron chi connectivity index (χ1n) is 8.25. The number of nitriles is 1. The van der Waals surface area contributed by atoms with Gasteiger partial charge in [0.05, 0.1) is 17.6 Å². The van der Waals surface area contributed by atoms with E-state index in [1.165, 1.54) is 0 Å². The second kappa shape index (κ2) is 7.27. The highest BCUT2D eigenvalue weighted by molar-refractivity contribution is 9.10. The zero-order valence-electron chi connectivity index (χ0n) is 14.4. The number of carbonyl (C=O) groups is 1. The van der Waals surface area contributed by atoms with E-state index in [1.54, 1.807) is 18.0 Å². The quantitative estimate of drug-likeness (QED) is 0.772. The van der Waals surface area contributed by atoms with Crippen LogP contribution in [-0.2, 0) is 4.79 Å². The number of halogens is 1. The van der Waals surface area contributed by atoms with Crippen LogP contribution in [0.5, 0.6) is 5.75 Å². The average molecular weight is 412 g/mol. The van der Waals surface area contributed by atoms with Crippen molar-refractivity contribution in [2.75, 3.05) is 13.7 Å². The van der Waals surface area contributed by atoms with Gasteiger partial charge in [-0.25, -0.2) is 0 Å². The highest BCUT2D eigenvalue weighted by Gasteiger charge is 2.39. The predicted octanol–water partition coefficient (Wildman–Crippen LogP) is 3.19. The van der Waals surface area contributed by atoms with E-state index in [0.29, 0.717) is 34.7 Å². The van der Waals surface area contributed by atoms with Gasteiger partial charge in [-0.15, -0.1) is 6.42 Å². The number of Topliss-reactive ketones (excluding diaryl/α,β-unsaturated/α-hetero) is 1. The van der Waals surface area contributed by atoms with Gasteiger partial charge in [0.15, 0.2) is 5.78 Å². The van der Waals surface area contributed by atoms with E-state index in [4.69, 9.17) is 16.9 Å². The molecule has 1 aliphatic carbocycles. The molecule has 1 aromatic rings. The summed E-state index contributed by atoms with van der Waals surface area (Å²) >= 11 is 3.47. The summed E-state index contributed by atoms with van der Waals surface area (Å²) in [6.45, 7) is 0.0994. The molecule has 0 bridgehead atoms. The number of carbonyl (C=O) groups excluding carboxylic acids is 1. The highest BCUT2D eigenvalue weighted by Crippen LogP contribution is 2.47. The lowest BCUT2D eigenvalue weighted by molar-refractivity contribution is -0.116. The minimum absolute atomic E-state index is 0.0474. The molecule has 1 aliphatic heterocycles. The molecule has 0 radical (unpaired) electrons. The summed E-state index contributed by atoms with van der Waals surface area (Å²) in [6.07, 6.45) is 7.32. The molecule has 3 rings (SSSR count). The molecule has 2 N–H and O–H groups in total. The van der Waals surface area contributed by atoms with Gasteiger partial charge in [-0.05, 0) is 31.0 Å². The van der Waals surface area contributed by atoms with Crippen LogP contribution >= 0.6 is 15.9 Å². The molecule has 0 saturated heterocycles. The summed E-state index contributed by atoms with van der Waals surface area (Å²) in [5.74, 6) is 2.86. The Labute approximate surface area is 161 Å². The molecule has 26 heavy (non-hydrogen) atoms. The number of nitrogens with two attached hydrogens (primary N) is 1. The smallest absolute Gasteiger partial charge is 0.161 e. The standard InChI is InChI=1S/C20H18BrN3O2/c1-3-9-26-17-8-7-12(21)10-13(17)18-14(11-22)20(23)24(2)15-5-4-6-16(25)19(15)18/h1,7-8,10,18H,4-6,9,23H2,2H3/t18-/m1/s1. The fourth-order valence-corrected chi connectivity index (χ4v) is 3.95. The third-order valence-electron chi connectivity index (χ3n) is 4.76. The van der Waals surface area contributed by atoms with Crippen LogP contribution in [0.25, 0.3) is 0 Å². The van der Waals surface area contributed by atoms with Crippen LogP contribution in [-0.4, -0.2) is 24.3 Å². The van der Waals surface area contributed by atoms with Gasteiger partial charge in [0.2, 0.25) is 0 Å². The summed E-state index contributed by atoms with van der Waals surface area (Å²) in [6, 6.07) is 7.68. The molecule has 5 nitrogen and oxygen atoms in total. The first kappa shape index (κ1) is 18.1. The fraction of sp³-hybridized carbons (Fsp3) is 0.300. The highest BCUT2D eigenvalue weighted by atomic mass is 79.9. The predicted molar refractivity (Wildman–Crippen MR) is 102 cm³/mol. The van der Waals surface area contributed by atoms with Crippen LogP contribution in [0.4, 0.5) is 0 Å². The lowest BCUT2D eigenvalue weighted by Gasteiger charge is -2.38. The van der Waals surface area contributed by atoms with Gasteiger partial charge in [0.25, 0.3) is 0 Å². The number of rotatable bonds is 3. The van der Waals surface area contributed by atoms with Gasteiger partial charge in [-0.3, -0.25) is 4.79 Å². The Balaban J connectivity index is 2.25. The van der Waals surface area contributed by atoms with Crippen molar-refractivity contribution in [1.29, 1.82) is 5.26 Å². The monoisotopic (exact) mass is 411 g/mol. The molecule has 0 fully saturated rings.